The van der Waals surface area contributed by atoms with Gasteiger partial charge in [-0.2, -0.15) is 0 Å². The number of alkyl halides is 2. The fourth-order valence-electron chi connectivity index (χ4n) is 3.03. The van der Waals surface area contributed by atoms with Crippen LogP contribution in [0, 0.1) is 17.8 Å². The van der Waals surface area contributed by atoms with E-state index in [4.69, 9.17) is 4.74 Å². The van der Waals surface area contributed by atoms with Crippen LogP contribution in [0.2, 0.25) is 0 Å². The first-order chi connectivity index (χ1) is 9.24. The van der Waals surface area contributed by atoms with Crippen molar-refractivity contribution < 1.29 is 23.1 Å². The van der Waals surface area contributed by atoms with Crippen molar-refractivity contribution in [3.8, 4) is 0 Å². The number of carbonyl (C=O) groups is 2. The van der Waals surface area contributed by atoms with Gasteiger partial charge in [0.2, 0.25) is 5.91 Å². The molecule has 0 aromatic carbocycles. The molecule has 2 rings (SSSR count). The van der Waals surface area contributed by atoms with Crippen LogP contribution in [-0.2, 0) is 14.3 Å². The van der Waals surface area contributed by atoms with Gasteiger partial charge >= 0.3 is 5.97 Å². The number of methoxy groups -OCH3 is 1. The molecule has 2 aliphatic carbocycles. The highest BCUT2D eigenvalue weighted by Crippen LogP contribution is 2.55. The van der Waals surface area contributed by atoms with Gasteiger partial charge in [-0.1, -0.05) is 13.8 Å². The van der Waals surface area contributed by atoms with E-state index >= 15 is 0 Å². The molecule has 1 amide bonds. The Morgan fingerprint density at radius 3 is 2.10 bits per heavy atom. The van der Waals surface area contributed by atoms with Gasteiger partial charge in [0.05, 0.1) is 7.11 Å². The van der Waals surface area contributed by atoms with E-state index in [0.717, 1.165) is 12.8 Å². The van der Waals surface area contributed by atoms with Crippen molar-refractivity contribution in [1.29, 1.82) is 0 Å². The average molecular weight is 289 g/mol. The number of hydrogen-bond acceptors (Lipinski definition) is 3. The molecular weight excluding hydrogens is 268 g/mol. The maximum absolute atomic E-state index is 13.3. The molecule has 0 saturated heterocycles. The van der Waals surface area contributed by atoms with E-state index in [-0.39, 0.29) is 0 Å². The molecule has 0 bridgehead atoms. The largest absolute Gasteiger partial charge is 0.467 e. The van der Waals surface area contributed by atoms with Crippen LogP contribution >= 0.6 is 0 Å². The molecule has 0 heterocycles. The summed E-state index contributed by atoms with van der Waals surface area (Å²) in [5.74, 6) is -6.03. The first kappa shape index (κ1) is 15.2. The maximum Gasteiger partial charge on any atom is 0.331 e. The van der Waals surface area contributed by atoms with Gasteiger partial charge in [0.15, 0.2) is 0 Å². The number of carbonyl (C=O) groups excluding carboxylic acids is 2. The van der Waals surface area contributed by atoms with E-state index in [1.54, 1.807) is 0 Å². The zero-order chi connectivity index (χ0) is 15.1. The summed E-state index contributed by atoms with van der Waals surface area (Å²) < 4.78 is 31.3. The van der Waals surface area contributed by atoms with E-state index in [9.17, 15) is 18.4 Å². The summed E-state index contributed by atoms with van der Waals surface area (Å²) in [6.07, 6.45) is 2.43. The molecule has 2 fully saturated rings. The topological polar surface area (TPSA) is 55.4 Å². The lowest BCUT2D eigenvalue weighted by molar-refractivity contribution is -0.153. The highest BCUT2D eigenvalue weighted by molar-refractivity contribution is 5.91. The molecule has 0 aromatic heterocycles. The van der Waals surface area contributed by atoms with Crippen molar-refractivity contribution in [3.63, 3.8) is 0 Å². The molecular formula is C14H21F2NO3. The quantitative estimate of drug-likeness (QED) is 0.810. The van der Waals surface area contributed by atoms with Gasteiger partial charge in [0, 0.05) is 5.92 Å². The first-order valence-corrected chi connectivity index (χ1v) is 7.03. The summed E-state index contributed by atoms with van der Waals surface area (Å²) in [7, 11) is 1.25. The second-order valence-electron chi connectivity index (χ2n) is 6.19. The van der Waals surface area contributed by atoms with Crippen LogP contribution in [0.25, 0.3) is 0 Å². The fraction of sp³-hybridized carbons (Fsp3) is 0.857. The minimum atomic E-state index is -2.96. The summed E-state index contributed by atoms with van der Waals surface area (Å²) in [5, 5.41) is 2.56. The molecule has 2 atom stereocenters. The molecule has 6 heteroatoms. The second-order valence-corrected chi connectivity index (χ2v) is 6.19. The lowest BCUT2D eigenvalue weighted by Crippen LogP contribution is -2.57. The van der Waals surface area contributed by atoms with Crippen LogP contribution in [0.4, 0.5) is 8.78 Å². The zero-order valence-electron chi connectivity index (χ0n) is 12.0. The van der Waals surface area contributed by atoms with Gasteiger partial charge in [-0.3, -0.25) is 4.79 Å². The molecule has 0 spiro atoms. The molecule has 20 heavy (non-hydrogen) atoms. The molecule has 2 aliphatic rings. The number of amides is 1. The third-order valence-electron chi connectivity index (χ3n) is 4.76. The number of ether oxygens (including phenoxy) is 1. The summed E-state index contributed by atoms with van der Waals surface area (Å²) in [5.41, 5.74) is -1.13. The van der Waals surface area contributed by atoms with Crippen LogP contribution in [0.15, 0.2) is 0 Å². The maximum atomic E-state index is 13.3. The van der Waals surface area contributed by atoms with Crippen molar-refractivity contribution in [3.05, 3.63) is 0 Å². The molecule has 0 aliphatic heterocycles. The monoisotopic (exact) mass is 289 g/mol. The number of nitrogens with one attached hydrogen (secondary N) is 1. The molecule has 0 aromatic rings. The van der Waals surface area contributed by atoms with E-state index in [1.807, 2.05) is 0 Å². The van der Waals surface area contributed by atoms with Crippen LogP contribution in [0.5, 0.6) is 0 Å². The first-order valence-electron chi connectivity index (χ1n) is 7.03. The number of hydrogen-bond donors (Lipinski definition) is 1. The van der Waals surface area contributed by atoms with Crippen molar-refractivity contribution in [1.82, 2.24) is 5.32 Å². The predicted octanol–water partition coefficient (Wildman–Crippen LogP) is 2.13. The smallest absolute Gasteiger partial charge is 0.331 e. The summed E-state index contributed by atoms with van der Waals surface area (Å²) in [6.45, 7) is 3.41. The van der Waals surface area contributed by atoms with E-state index < -0.39 is 35.2 Å². The van der Waals surface area contributed by atoms with Crippen molar-refractivity contribution in [2.24, 2.45) is 17.8 Å². The minimum absolute atomic E-state index is 0.444. The second kappa shape index (κ2) is 4.97. The molecule has 2 unspecified atom stereocenters. The molecule has 4 nitrogen and oxygen atoms in total. The molecule has 0 radical (unpaired) electrons. The standard InChI is InChI=1S/C14H21F2NO3/c1-8-4-6-13(7-5-8,12(19)20-3)17-11(18)10-9(2)14(10,15)16/h8-10H,4-7H2,1-3H3,(H,17,18). The molecule has 114 valence electrons. The highest BCUT2D eigenvalue weighted by atomic mass is 19.3. The molecule has 1 N–H and O–H groups in total. The van der Waals surface area contributed by atoms with Crippen LogP contribution < -0.4 is 5.32 Å². The Kier molecular flexibility index (Phi) is 3.77. The normalized spacial score (nSPS) is 39.0. The Morgan fingerprint density at radius 2 is 1.70 bits per heavy atom. The lowest BCUT2D eigenvalue weighted by Gasteiger charge is -2.37. The Labute approximate surface area is 117 Å². The van der Waals surface area contributed by atoms with Crippen LogP contribution in [0.1, 0.15) is 39.5 Å². The number of rotatable bonds is 3. The van der Waals surface area contributed by atoms with Crippen LogP contribution in [-0.4, -0.2) is 30.4 Å². The zero-order valence-corrected chi connectivity index (χ0v) is 12.0. The Hall–Kier alpha value is -1.20. The summed E-state index contributed by atoms with van der Waals surface area (Å²) in [6, 6.07) is 0. The predicted molar refractivity (Wildman–Crippen MR) is 68.1 cm³/mol. The highest BCUT2D eigenvalue weighted by Gasteiger charge is 2.69. The van der Waals surface area contributed by atoms with Gasteiger partial charge < -0.3 is 10.1 Å². The molecule has 2 saturated carbocycles. The van der Waals surface area contributed by atoms with Gasteiger partial charge in [0.1, 0.15) is 11.5 Å². The SMILES string of the molecule is COC(=O)C1(NC(=O)C2C(C)C2(F)F)CCC(C)CC1. The Bertz CT molecular complexity index is 417. The minimum Gasteiger partial charge on any atom is -0.467 e. The lowest BCUT2D eigenvalue weighted by atomic mass is 9.77. The van der Waals surface area contributed by atoms with Crippen molar-refractivity contribution in [2.75, 3.05) is 7.11 Å². The fourth-order valence-corrected chi connectivity index (χ4v) is 3.03. The van der Waals surface area contributed by atoms with E-state index in [2.05, 4.69) is 12.2 Å². The van der Waals surface area contributed by atoms with Crippen molar-refractivity contribution >= 4 is 11.9 Å². The van der Waals surface area contributed by atoms with Crippen LogP contribution in [0.3, 0.4) is 0 Å². The summed E-state index contributed by atoms with van der Waals surface area (Å²) >= 11 is 0. The third-order valence-corrected chi connectivity index (χ3v) is 4.76. The third kappa shape index (κ3) is 2.40. The average Bonchev–Trinajstić information content (AvgIpc) is 2.90. The van der Waals surface area contributed by atoms with Gasteiger partial charge in [-0.25, -0.2) is 13.6 Å². The van der Waals surface area contributed by atoms with Gasteiger partial charge in [-0.05, 0) is 31.6 Å². The Morgan fingerprint density at radius 1 is 1.20 bits per heavy atom. The van der Waals surface area contributed by atoms with Gasteiger partial charge in [0.25, 0.3) is 5.92 Å². The van der Waals surface area contributed by atoms with Gasteiger partial charge in [-0.15, -0.1) is 0 Å². The van der Waals surface area contributed by atoms with E-state index in [1.165, 1.54) is 14.0 Å². The number of halogens is 2. The van der Waals surface area contributed by atoms with Crippen molar-refractivity contribution in [2.45, 2.75) is 51.0 Å². The number of esters is 1. The van der Waals surface area contributed by atoms with E-state index in [0.29, 0.717) is 18.8 Å². The Balaban J connectivity index is 2.10. The summed E-state index contributed by atoms with van der Waals surface area (Å²) in [4.78, 5) is 24.0.